The lowest BCUT2D eigenvalue weighted by atomic mass is 10.1. The van der Waals surface area contributed by atoms with Gasteiger partial charge in [0.15, 0.2) is 0 Å². The lowest BCUT2D eigenvalue weighted by Gasteiger charge is -2.13. The number of rotatable bonds is 7. The Hall–Kier alpha value is -2.98. The number of halogens is 1. The molecule has 0 fully saturated rings. The Balaban J connectivity index is 1.78. The molecule has 1 amide bonds. The second-order valence-corrected chi connectivity index (χ2v) is 6.67. The van der Waals surface area contributed by atoms with Crippen LogP contribution in [0.3, 0.4) is 0 Å². The highest BCUT2D eigenvalue weighted by Gasteiger charge is 2.12. The van der Waals surface area contributed by atoms with Crippen molar-refractivity contribution in [2.45, 2.75) is 20.0 Å². The summed E-state index contributed by atoms with van der Waals surface area (Å²) in [7, 11) is 1.59. The van der Waals surface area contributed by atoms with Gasteiger partial charge in [0.1, 0.15) is 18.1 Å². The highest BCUT2D eigenvalue weighted by molar-refractivity contribution is 6.30. The maximum Gasteiger partial charge on any atom is 0.255 e. The van der Waals surface area contributed by atoms with E-state index in [1.807, 2.05) is 36.4 Å². The van der Waals surface area contributed by atoms with E-state index in [1.165, 1.54) is 0 Å². The summed E-state index contributed by atoms with van der Waals surface area (Å²) in [6.07, 6.45) is 0.845. The molecule has 0 aliphatic heterocycles. The van der Waals surface area contributed by atoms with Gasteiger partial charge in [0.2, 0.25) is 0 Å². The fourth-order valence-electron chi connectivity index (χ4n) is 2.90. The minimum Gasteiger partial charge on any atom is -0.496 e. The highest BCUT2D eigenvalue weighted by atomic mass is 35.5. The zero-order valence-corrected chi connectivity index (χ0v) is 16.6. The van der Waals surface area contributed by atoms with Gasteiger partial charge in [-0.25, -0.2) is 0 Å². The number of carbonyl (C=O) groups is 1. The molecule has 0 atom stereocenters. The molecule has 3 aromatic rings. The predicted octanol–water partition coefficient (Wildman–Crippen LogP) is 5.74. The van der Waals surface area contributed by atoms with Crippen LogP contribution < -0.4 is 14.8 Å². The van der Waals surface area contributed by atoms with Gasteiger partial charge in [0.05, 0.1) is 7.11 Å². The average molecular weight is 396 g/mol. The van der Waals surface area contributed by atoms with E-state index in [-0.39, 0.29) is 12.5 Å². The van der Waals surface area contributed by atoms with E-state index in [1.54, 1.807) is 37.4 Å². The minimum atomic E-state index is -0.174. The van der Waals surface area contributed by atoms with Crippen molar-refractivity contribution in [3.05, 3.63) is 88.4 Å². The van der Waals surface area contributed by atoms with Crippen LogP contribution in [0.5, 0.6) is 11.5 Å². The summed E-state index contributed by atoms with van der Waals surface area (Å²) in [6, 6.07) is 20.3. The summed E-state index contributed by atoms with van der Waals surface area (Å²) >= 11 is 6.00. The first-order chi connectivity index (χ1) is 13.6. The van der Waals surface area contributed by atoms with Crippen LogP contribution in [0.15, 0.2) is 66.7 Å². The van der Waals surface area contributed by atoms with Crippen LogP contribution in [-0.2, 0) is 13.0 Å². The van der Waals surface area contributed by atoms with Crippen molar-refractivity contribution in [3.63, 3.8) is 0 Å². The van der Waals surface area contributed by atoms with Crippen LogP contribution in [0.1, 0.15) is 28.4 Å². The molecular weight excluding hydrogens is 374 g/mol. The van der Waals surface area contributed by atoms with Gasteiger partial charge < -0.3 is 14.8 Å². The lowest BCUT2D eigenvalue weighted by Crippen LogP contribution is -2.14. The van der Waals surface area contributed by atoms with Gasteiger partial charge in [-0.1, -0.05) is 42.8 Å². The number of methoxy groups -OCH3 is 1. The quantitative estimate of drug-likeness (QED) is 0.554. The SMILES string of the molecule is CCc1ccccc1NC(=O)c1ccc(OC)c(COc2cccc(Cl)c2)c1. The number of aryl methyl sites for hydroxylation is 1. The van der Waals surface area contributed by atoms with Gasteiger partial charge in [0, 0.05) is 21.8 Å². The van der Waals surface area contributed by atoms with E-state index >= 15 is 0 Å². The number of ether oxygens (including phenoxy) is 2. The molecule has 0 radical (unpaired) electrons. The lowest BCUT2D eigenvalue weighted by molar-refractivity contribution is 0.102. The standard InChI is InChI=1S/C23H22ClNO3/c1-3-16-7-4-5-10-21(16)25-23(26)17-11-12-22(27-2)18(13-17)15-28-20-9-6-8-19(24)14-20/h4-14H,3,15H2,1-2H3,(H,25,26). The Morgan fingerprint density at radius 1 is 1.00 bits per heavy atom. The third-order valence-corrected chi connectivity index (χ3v) is 4.61. The monoisotopic (exact) mass is 395 g/mol. The van der Waals surface area contributed by atoms with Crippen molar-refractivity contribution in [2.24, 2.45) is 0 Å². The number of hydrogen-bond acceptors (Lipinski definition) is 3. The smallest absolute Gasteiger partial charge is 0.255 e. The molecule has 3 rings (SSSR count). The third-order valence-electron chi connectivity index (χ3n) is 4.38. The molecule has 0 aromatic heterocycles. The maximum absolute atomic E-state index is 12.7. The van der Waals surface area contributed by atoms with Crippen molar-refractivity contribution in [1.29, 1.82) is 0 Å². The van der Waals surface area contributed by atoms with Crippen LogP contribution in [0.25, 0.3) is 0 Å². The molecule has 0 bridgehead atoms. The second kappa shape index (κ2) is 9.29. The van der Waals surface area contributed by atoms with Gasteiger partial charge in [-0.05, 0) is 54.4 Å². The predicted molar refractivity (Wildman–Crippen MR) is 113 cm³/mol. The molecule has 0 saturated heterocycles. The first-order valence-corrected chi connectivity index (χ1v) is 9.43. The van der Waals surface area contributed by atoms with Crippen molar-refractivity contribution in [2.75, 3.05) is 12.4 Å². The minimum absolute atomic E-state index is 0.174. The summed E-state index contributed by atoms with van der Waals surface area (Å²) in [6.45, 7) is 2.32. The van der Waals surface area contributed by atoms with Gasteiger partial charge in [0.25, 0.3) is 5.91 Å². The number of benzene rings is 3. The number of hydrogen-bond donors (Lipinski definition) is 1. The van der Waals surface area contributed by atoms with E-state index in [0.717, 1.165) is 23.2 Å². The molecule has 144 valence electrons. The summed E-state index contributed by atoms with van der Waals surface area (Å²) in [5, 5.41) is 3.59. The Bertz CT molecular complexity index is 972. The normalized spacial score (nSPS) is 10.4. The van der Waals surface area contributed by atoms with Crippen LogP contribution in [0.2, 0.25) is 5.02 Å². The molecule has 0 aliphatic carbocycles. The fraction of sp³-hybridized carbons (Fsp3) is 0.174. The van der Waals surface area contributed by atoms with Crippen LogP contribution in [0, 0.1) is 0 Å². The van der Waals surface area contributed by atoms with E-state index in [2.05, 4.69) is 12.2 Å². The van der Waals surface area contributed by atoms with E-state index in [4.69, 9.17) is 21.1 Å². The molecule has 0 saturated carbocycles. The Kier molecular flexibility index (Phi) is 6.56. The number of carbonyl (C=O) groups excluding carboxylic acids is 1. The molecule has 1 N–H and O–H groups in total. The van der Waals surface area contributed by atoms with E-state index in [9.17, 15) is 4.79 Å². The molecule has 0 aliphatic rings. The molecule has 0 unspecified atom stereocenters. The van der Waals surface area contributed by atoms with Crippen molar-refractivity contribution in [1.82, 2.24) is 0 Å². The first kappa shape index (κ1) is 19.8. The summed E-state index contributed by atoms with van der Waals surface area (Å²) < 4.78 is 11.2. The molecule has 5 heteroatoms. The Labute approximate surface area is 170 Å². The first-order valence-electron chi connectivity index (χ1n) is 9.05. The largest absolute Gasteiger partial charge is 0.496 e. The number of anilines is 1. The van der Waals surface area contributed by atoms with Crippen molar-refractivity contribution < 1.29 is 14.3 Å². The summed E-state index contributed by atoms with van der Waals surface area (Å²) in [4.78, 5) is 12.7. The maximum atomic E-state index is 12.7. The van der Waals surface area contributed by atoms with Gasteiger partial charge in [-0.2, -0.15) is 0 Å². The zero-order chi connectivity index (χ0) is 19.9. The fourth-order valence-corrected chi connectivity index (χ4v) is 3.08. The average Bonchev–Trinajstić information content (AvgIpc) is 2.72. The Morgan fingerprint density at radius 3 is 2.57 bits per heavy atom. The highest BCUT2D eigenvalue weighted by Crippen LogP contribution is 2.24. The Morgan fingerprint density at radius 2 is 1.82 bits per heavy atom. The van der Waals surface area contributed by atoms with Gasteiger partial charge in [-0.15, -0.1) is 0 Å². The molecule has 3 aromatic carbocycles. The molecular formula is C23H22ClNO3. The van der Waals surface area contributed by atoms with Crippen LogP contribution in [-0.4, -0.2) is 13.0 Å². The van der Waals surface area contributed by atoms with Crippen molar-refractivity contribution in [3.8, 4) is 11.5 Å². The van der Waals surface area contributed by atoms with Gasteiger partial charge >= 0.3 is 0 Å². The summed E-state index contributed by atoms with van der Waals surface area (Å²) in [5.74, 6) is 1.14. The van der Waals surface area contributed by atoms with Crippen LogP contribution >= 0.6 is 11.6 Å². The topological polar surface area (TPSA) is 47.6 Å². The summed E-state index contributed by atoms with van der Waals surface area (Å²) in [5.41, 5.74) is 3.23. The van der Waals surface area contributed by atoms with E-state index in [0.29, 0.717) is 22.1 Å². The van der Waals surface area contributed by atoms with E-state index < -0.39 is 0 Å². The molecule has 0 heterocycles. The molecule has 28 heavy (non-hydrogen) atoms. The molecule has 4 nitrogen and oxygen atoms in total. The number of amides is 1. The number of para-hydroxylation sites is 1. The zero-order valence-electron chi connectivity index (χ0n) is 15.9. The van der Waals surface area contributed by atoms with Gasteiger partial charge in [-0.3, -0.25) is 4.79 Å². The third kappa shape index (κ3) is 4.84. The number of nitrogens with one attached hydrogen (secondary N) is 1. The second-order valence-electron chi connectivity index (χ2n) is 6.24. The van der Waals surface area contributed by atoms with Crippen molar-refractivity contribution >= 4 is 23.2 Å². The van der Waals surface area contributed by atoms with Crippen LogP contribution in [0.4, 0.5) is 5.69 Å². The molecule has 0 spiro atoms.